The van der Waals surface area contributed by atoms with Crippen molar-refractivity contribution in [2.75, 3.05) is 19.9 Å². The zero-order chi connectivity index (χ0) is 14.8. The Hall–Kier alpha value is -1.26. The number of hydrogen-bond acceptors (Lipinski definition) is 4. The molecule has 1 fully saturated rings. The van der Waals surface area contributed by atoms with Crippen LogP contribution in [-0.4, -0.2) is 36.9 Å². The molecule has 1 saturated heterocycles. The van der Waals surface area contributed by atoms with Crippen molar-refractivity contribution in [2.45, 2.75) is 45.2 Å². The fraction of sp³-hybridized carbons (Fsp3) is 0.647. The second-order valence-corrected chi connectivity index (χ2v) is 6.50. The summed E-state index contributed by atoms with van der Waals surface area (Å²) in [5.41, 5.74) is 7.52. The van der Waals surface area contributed by atoms with E-state index in [0.29, 0.717) is 24.8 Å². The van der Waals surface area contributed by atoms with Crippen molar-refractivity contribution in [3.05, 3.63) is 23.8 Å². The fourth-order valence-corrected chi connectivity index (χ4v) is 3.18. The van der Waals surface area contributed by atoms with Crippen LogP contribution in [0, 0.1) is 5.92 Å². The highest BCUT2D eigenvalue weighted by molar-refractivity contribution is 5.44. The molecule has 1 aromatic rings. The maximum absolute atomic E-state index is 6.20. The Kier molecular flexibility index (Phi) is 4.36. The van der Waals surface area contributed by atoms with Crippen LogP contribution in [0.2, 0.25) is 0 Å². The van der Waals surface area contributed by atoms with Gasteiger partial charge in [-0.2, -0.15) is 0 Å². The van der Waals surface area contributed by atoms with Gasteiger partial charge >= 0.3 is 0 Å². The molecule has 2 aliphatic rings. The van der Waals surface area contributed by atoms with Gasteiger partial charge < -0.3 is 15.2 Å². The molecule has 4 heteroatoms. The number of aryl methyl sites for hydroxylation is 1. The normalized spacial score (nSPS) is 26.8. The largest absolute Gasteiger partial charge is 0.454 e. The molecular formula is C17H26N2O2. The van der Waals surface area contributed by atoms with E-state index in [0.717, 1.165) is 30.9 Å². The molecule has 2 N–H and O–H groups in total. The van der Waals surface area contributed by atoms with Crippen LogP contribution in [0.1, 0.15) is 32.3 Å². The summed E-state index contributed by atoms with van der Waals surface area (Å²) in [4.78, 5) is 2.54. The molecule has 4 nitrogen and oxygen atoms in total. The zero-order valence-electron chi connectivity index (χ0n) is 13.0. The summed E-state index contributed by atoms with van der Waals surface area (Å²) >= 11 is 0. The molecule has 0 spiro atoms. The lowest BCUT2D eigenvalue weighted by Gasteiger charge is -2.38. The van der Waals surface area contributed by atoms with Crippen molar-refractivity contribution in [3.63, 3.8) is 0 Å². The van der Waals surface area contributed by atoms with E-state index in [2.05, 4.69) is 30.9 Å². The maximum atomic E-state index is 6.20. The summed E-state index contributed by atoms with van der Waals surface area (Å²) in [7, 11) is 0. The standard InChI is InChI=1S/C17H26N2O2/c1-12-7-8-19(10-15(12)18)13(2)3-4-14-5-6-16-17(9-14)21-11-20-16/h5-6,9,12-13,15H,3-4,7-8,10-11,18H2,1-2H3. The first-order chi connectivity index (χ1) is 10.1. The van der Waals surface area contributed by atoms with Gasteiger partial charge in [-0.05, 0) is 56.3 Å². The monoisotopic (exact) mass is 290 g/mol. The second-order valence-electron chi connectivity index (χ2n) is 6.50. The van der Waals surface area contributed by atoms with Gasteiger partial charge in [-0.15, -0.1) is 0 Å². The molecule has 3 unspecified atom stereocenters. The zero-order valence-corrected chi connectivity index (χ0v) is 13.0. The molecule has 3 rings (SSSR count). The molecule has 1 aromatic carbocycles. The number of rotatable bonds is 4. The van der Waals surface area contributed by atoms with E-state index >= 15 is 0 Å². The average molecular weight is 290 g/mol. The predicted octanol–water partition coefficient (Wildman–Crippen LogP) is 2.41. The summed E-state index contributed by atoms with van der Waals surface area (Å²) < 4.78 is 10.8. The fourth-order valence-electron chi connectivity index (χ4n) is 3.18. The molecule has 0 bridgehead atoms. The van der Waals surface area contributed by atoms with Gasteiger partial charge in [-0.3, -0.25) is 4.90 Å². The molecule has 21 heavy (non-hydrogen) atoms. The lowest BCUT2D eigenvalue weighted by molar-refractivity contribution is 0.123. The molecule has 116 valence electrons. The van der Waals surface area contributed by atoms with Crippen LogP contribution < -0.4 is 15.2 Å². The predicted molar refractivity (Wildman–Crippen MR) is 83.7 cm³/mol. The first-order valence-electron chi connectivity index (χ1n) is 8.01. The minimum Gasteiger partial charge on any atom is -0.454 e. The minimum atomic E-state index is 0.326. The molecule has 3 atom stereocenters. The van der Waals surface area contributed by atoms with E-state index in [-0.39, 0.29) is 0 Å². The minimum absolute atomic E-state index is 0.326. The Bertz CT molecular complexity index is 492. The number of benzene rings is 1. The Labute approximate surface area is 127 Å². The molecule has 2 heterocycles. The van der Waals surface area contributed by atoms with Crippen LogP contribution in [0.15, 0.2) is 18.2 Å². The molecule has 2 aliphatic heterocycles. The number of ether oxygens (including phenoxy) is 2. The van der Waals surface area contributed by atoms with Crippen molar-refractivity contribution in [2.24, 2.45) is 11.7 Å². The SMILES string of the molecule is CC1CCN(C(C)CCc2ccc3c(c2)OCO3)CC1N. The Balaban J connectivity index is 1.52. The molecule has 0 aliphatic carbocycles. The summed E-state index contributed by atoms with van der Waals surface area (Å²) in [6.07, 6.45) is 3.44. The number of likely N-dealkylation sites (tertiary alicyclic amines) is 1. The van der Waals surface area contributed by atoms with Crippen molar-refractivity contribution < 1.29 is 9.47 Å². The first kappa shape index (κ1) is 14.7. The number of nitrogens with zero attached hydrogens (tertiary/aromatic N) is 1. The van der Waals surface area contributed by atoms with Crippen molar-refractivity contribution in [3.8, 4) is 11.5 Å². The van der Waals surface area contributed by atoms with Gasteiger partial charge in [0.25, 0.3) is 0 Å². The highest BCUT2D eigenvalue weighted by atomic mass is 16.7. The van der Waals surface area contributed by atoms with Gasteiger partial charge in [0.15, 0.2) is 11.5 Å². The Morgan fingerprint density at radius 2 is 2.14 bits per heavy atom. The molecule has 0 saturated carbocycles. The summed E-state index contributed by atoms with van der Waals surface area (Å²) in [5.74, 6) is 2.40. The lowest BCUT2D eigenvalue weighted by atomic mass is 9.92. The quantitative estimate of drug-likeness (QED) is 0.925. The van der Waals surface area contributed by atoms with E-state index in [4.69, 9.17) is 15.2 Å². The average Bonchev–Trinajstić information content (AvgIpc) is 2.95. The van der Waals surface area contributed by atoms with Gasteiger partial charge in [0.05, 0.1) is 0 Å². The van der Waals surface area contributed by atoms with E-state index in [9.17, 15) is 0 Å². The van der Waals surface area contributed by atoms with Crippen LogP contribution in [0.3, 0.4) is 0 Å². The Morgan fingerprint density at radius 3 is 2.95 bits per heavy atom. The van der Waals surface area contributed by atoms with Crippen LogP contribution in [0.4, 0.5) is 0 Å². The smallest absolute Gasteiger partial charge is 0.231 e. The number of nitrogens with two attached hydrogens (primary N) is 1. The van der Waals surface area contributed by atoms with E-state index < -0.39 is 0 Å². The number of piperidine rings is 1. The number of fused-ring (bicyclic) bond motifs is 1. The van der Waals surface area contributed by atoms with Gasteiger partial charge in [-0.1, -0.05) is 13.0 Å². The van der Waals surface area contributed by atoms with Crippen molar-refractivity contribution in [1.29, 1.82) is 0 Å². The van der Waals surface area contributed by atoms with Crippen LogP contribution in [-0.2, 0) is 6.42 Å². The summed E-state index contributed by atoms with van der Waals surface area (Å²) in [5, 5.41) is 0. The van der Waals surface area contributed by atoms with E-state index in [1.807, 2.05) is 6.07 Å². The third kappa shape index (κ3) is 3.33. The topological polar surface area (TPSA) is 47.7 Å². The highest BCUT2D eigenvalue weighted by Gasteiger charge is 2.26. The molecule has 0 aromatic heterocycles. The summed E-state index contributed by atoms with van der Waals surface area (Å²) in [6.45, 7) is 7.13. The van der Waals surface area contributed by atoms with Crippen LogP contribution >= 0.6 is 0 Å². The third-order valence-electron chi connectivity index (χ3n) is 4.96. The highest BCUT2D eigenvalue weighted by Crippen LogP contribution is 2.33. The van der Waals surface area contributed by atoms with E-state index in [1.54, 1.807) is 0 Å². The molecule has 0 radical (unpaired) electrons. The van der Waals surface area contributed by atoms with Gasteiger partial charge in [0, 0.05) is 18.6 Å². The lowest BCUT2D eigenvalue weighted by Crippen LogP contribution is -2.50. The Morgan fingerprint density at radius 1 is 1.33 bits per heavy atom. The van der Waals surface area contributed by atoms with E-state index in [1.165, 1.54) is 18.5 Å². The van der Waals surface area contributed by atoms with Crippen molar-refractivity contribution >= 4 is 0 Å². The second kappa shape index (κ2) is 6.24. The third-order valence-corrected chi connectivity index (χ3v) is 4.96. The number of hydrogen-bond donors (Lipinski definition) is 1. The summed E-state index contributed by atoms with van der Waals surface area (Å²) in [6, 6.07) is 7.17. The van der Waals surface area contributed by atoms with Crippen LogP contribution in [0.25, 0.3) is 0 Å². The van der Waals surface area contributed by atoms with Crippen LogP contribution in [0.5, 0.6) is 11.5 Å². The maximum Gasteiger partial charge on any atom is 0.231 e. The molecule has 0 amide bonds. The first-order valence-corrected chi connectivity index (χ1v) is 8.01. The molecular weight excluding hydrogens is 264 g/mol. The van der Waals surface area contributed by atoms with Crippen molar-refractivity contribution in [1.82, 2.24) is 4.90 Å². The van der Waals surface area contributed by atoms with Gasteiger partial charge in [-0.25, -0.2) is 0 Å². The van der Waals surface area contributed by atoms with Gasteiger partial charge in [0.2, 0.25) is 6.79 Å². The van der Waals surface area contributed by atoms with Gasteiger partial charge in [0.1, 0.15) is 0 Å².